The molecule has 4 nitrogen and oxygen atoms in total. The Labute approximate surface area is 152 Å². The van der Waals surface area contributed by atoms with Crippen LogP contribution in [-0.4, -0.2) is 14.5 Å². The van der Waals surface area contributed by atoms with Crippen molar-refractivity contribution >= 4 is 21.9 Å². The van der Waals surface area contributed by atoms with E-state index < -0.39 is 23.0 Å². The molecule has 138 valence electrons. The quantitative estimate of drug-likeness (QED) is 0.578. The van der Waals surface area contributed by atoms with Gasteiger partial charge in [0.05, 0.1) is 17.6 Å². The minimum atomic E-state index is -1.11. The Morgan fingerprint density at radius 3 is 2.63 bits per heavy atom. The monoisotopic (exact) mass is 371 g/mol. The molecule has 2 aromatic heterocycles. The van der Waals surface area contributed by atoms with Crippen LogP contribution in [0.25, 0.3) is 21.9 Å². The molecule has 0 fully saturated rings. The number of H-pyrrole nitrogens is 1. The molecule has 7 heteroatoms. The zero-order valence-electron chi connectivity index (χ0n) is 14.7. The number of hydrogen-bond acceptors (Lipinski definition) is 2. The predicted octanol–water partition coefficient (Wildman–Crippen LogP) is 4.47. The van der Waals surface area contributed by atoms with Crippen LogP contribution in [0.15, 0.2) is 41.2 Å². The van der Waals surface area contributed by atoms with E-state index in [-0.39, 0.29) is 18.0 Å². The first-order valence-electron chi connectivity index (χ1n) is 8.51. The van der Waals surface area contributed by atoms with Crippen molar-refractivity contribution in [3.05, 3.63) is 75.6 Å². The standard InChI is InChI=1S/C20H16F3N3O/c1-10(2)20-24-15-5-3-4-14(22)19(15)26(20)9-11-8-16(27)25-18-12(11)6-7-13(21)17(18)23/h3-8,10H,9H2,1-2H3,(H,25,27). The second-order valence-electron chi connectivity index (χ2n) is 6.76. The average molecular weight is 371 g/mol. The number of nitrogens with zero attached hydrogens (tertiary/aromatic N) is 2. The number of para-hydroxylation sites is 1. The number of aromatic nitrogens is 3. The van der Waals surface area contributed by atoms with Gasteiger partial charge in [0, 0.05) is 17.4 Å². The molecule has 0 unspecified atom stereocenters. The van der Waals surface area contributed by atoms with Gasteiger partial charge in [-0.15, -0.1) is 0 Å². The van der Waals surface area contributed by atoms with Crippen molar-refractivity contribution in [3.63, 3.8) is 0 Å². The van der Waals surface area contributed by atoms with Crippen LogP contribution in [0, 0.1) is 17.5 Å². The molecule has 0 aliphatic heterocycles. The molecule has 0 radical (unpaired) electrons. The number of aromatic amines is 1. The molecular weight excluding hydrogens is 355 g/mol. The average Bonchev–Trinajstić information content (AvgIpc) is 2.99. The van der Waals surface area contributed by atoms with Gasteiger partial charge in [0.2, 0.25) is 5.56 Å². The van der Waals surface area contributed by atoms with E-state index in [1.165, 1.54) is 18.2 Å². The molecular formula is C20H16F3N3O. The summed E-state index contributed by atoms with van der Waals surface area (Å²) in [5, 5.41) is 0.362. The Bertz CT molecular complexity index is 1240. The van der Waals surface area contributed by atoms with Gasteiger partial charge in [-0.2, -0.15) is 0 Å². The molecule has 0 atom stereocenters. The predicted molar refractivity (Wildman–Crippen MR) is 97.4 cm³/mol. The maximum atomic E-state index is 14.5. The van der Waals surface area contributed by atoms with E-state index in [9.17, 15) is 18.0 Å². The van der Waals surface area contributed by atoms with E-state index >= 15 is 0 Å². The van der Waals surface area contributed by atoms with Crippen molar-refractivity contribution in [2.45, 2.75) is 26.3 Å². The number of pyridine rings is 1. The van der Waals surface area contributed by atoms with Crippen molar-refractivity contribution < 1.29 is 13.2 Å². The summed E-state index contributed by atoms with van der Waals surface area (Å²) in [5.41, 5.74) is 0.519. The van der Waals surface area contributed by atoms with Gasteiger partial charge in [0.1, 0.15) is 17.2 Å². The van der Waals surface area contributed by atoms with Crippen molar-refractivity contribution in [1.29, 1.82) is 0 Å². The first-order valence-corrected chi connectivity index (χ1v) is 8.51. The topological polar surface area (TPSA) is 50.7 Å². The van der Waals surface area contributed by atoms with Gasteiger partial charge in [-0.1, -0.05) is 19.9 Å². The molecule has 0 aliphatic rings. The third-order valence-corrected chi connectivity index (χ3v) is 4.59. The smallest absolute Gasteiger partial charge is 0.248 e. The van der Waals surface area contributed by atoms with Gasteiger partial charge in [-0.05, 0) is 29.8 Å². The maximum absolute atomic E-state index is 14.5. The van der Waals surface area contributed by atoms with Gasteiger partial charge in [0.15, 0.2) is 11.6 Å². The summed E-state index contributed by atoms with van der Waals surface area (Å²) in [4.78, 5) is 18.8. The summed E-state index contributed by atoms with van der Waals surface area (Å²) in [5.74, 6) is -1.95. The number of hydrogen-bond donors (Lipinski definition) is 1. The molecule has 27 heavy (non-hydrogen) atoms. The highest BCUT2D eigenvalue weighted by atomic mass is 19.2. The van der Waals surface area contributed by atoms with Crippen LogP contribution in [0.2, 0.25) is 0 Å². The molecule has 0 saturated heterocycles. The Hall–Kier alpha value is -3.09. The summed E-state index contributed by atoms with van der Waals surface area (Å²) in [7, 11) is 0. The maximum Gasteiger partial charge on any atom is 0.248 e. The van der Waals surface area contributed by atoms with Crippen LogP contribution in [0.4, 0.5) is 13.2 Å². The highest BCUT2D eigenvalue weighted by Crippen LogP contribution is 2.27. The van der Waals surface area contributed by atoms with E-state index in [4.69, 9.17) is 0 Å². The van der Waals surface area contributed by atoms with Gasteiger partial charge in [-0.25, -0.2) is 18.2 Å². The Balaban J connectivity index is 1.99. The van der Waals surface area contributed by atoms with E-state index in [1.807, 2.05) is 13.8 Å². The summed E-state index contributed by atoms with van der Waals surface area (Å²) in [6.45, 7) is 3.97. The fourth-order valence-corrected chi connectivity index (χ4v) is 3.40. The number of nitrogens with one attached hydrogen (secondary N) is 1. The summed E-state index contributed by atoms with van der Waals surface area (Å²) >= 11 is 0. The van der Waals surface area contributed by atoms with E-state index in [0.29, 0.717) is 27.8 Å². The number of rotatable bonds is 3. The second kappa shape index (κ2) is 6.26. The minimum absolute atomic E-state index is 0.000702. The van der Waals surface area contributed by atoms with Crippen molar-refractivity contribution in [2.75, 3.05) is 0 Å². The van der Waals surface area contributed by atoms with Crippen LogP contribution >= 0.6 is 0 Å². The molecule has 4 rings (SSSR count). The molecule has 2 heterocycles. The highest BCUT2D eigenvalue weighted by molar-refractivity contribution is 5.83. The molecule has 2 aromatic carbocycles. The van der Waals surface area contributed by atoms with Crippen molar-refractivity contribution in [1.82, 2.24) is 14.5 Å². The zero-order valence-corrected chi connectivity index (χ0v) is 14.7. The third kappa shape index (κ3) is 2.79. The molecule has 1 N–H and O–H groups in total. The molecule has 0 saturated carbocycles. The normalized spacial score (nSPS) is 11.8. The first-order chi connectivity index (χ1) is 12.9. The largest absolute Gasteiger partial charge is 0.321 e. The summed E-state index contributed by atoms with van der Waals surface area (Å²) in [6, 6.07) is 8.37. The van der Waals surface area contributed by atoms with Gasteiger partial charge < -0.3 is 9.55 Å². The second-order valence-corrected chi connectivity index (χ2v) is 6.76. The zero-order chi connectivity index (χ0) is 19.3. The van der Waals surface area contributed by atoms with Crippen LogP contribution < -0.4 is 5.56 Å². The number of halogens is 3. The SMILES string of the molecule is CC(C)c1nc2cccc(F)c2n1Cc1cc(=O)[nH]c2c(F)c(F)ccc12. The third-order valence-electron chi connectivity index (χ3n) is 4.59. The molecule has 4 aromatic rings. The molecule has 0 spiro atoms. The Morgan fingerprint density at radius 2 is 1.89 bits per heavy atom. The summed E-state index contributed by atoms with van der Waals surface area (Å²) < 4.78 is 43.9. The van der Waals surface area contributed by atoms with E-state index in [1.54, 1.807) is 16.7 Å². The van der Waals surface area contributed by atoms with Crippen molar-refractivity contribution in [3.8, 4) is 0 Å². The molecule has 0 amide bonds. The fraction of sp³-hybridized carbons (Fsp3) is 0.200. The molecule has 0 bridgehead atoms. The van der Waals surface area contributed by atoms with Gasteiger partial charge >= 0.3 is 0 Å². The lowest BCUT2D eigenvalue weighted by Gasteiger charge is -2.14. The lowest BCUT2D eigenvalue weighted by atomic mass is 10.1. The lowest BCUT2D eigenvalue weighted by molar-refractivity contribution is 0.515. The van der Waals surface area contributed by atoms with Crippen LogP contribution in [0.5, 0.6) is 0 Å². The highest BCUT2D eigenvalue weighted by Gasteiger charge is 2.19. The number of imidazole rings is 1. The van der Waals surface area contributed by atoms with Crippen LogP contribution in [0.1, 0.15) is 31.2 Å². The first kappa shape index (κ1) is 17.3. The summed E-state index contributed by atoms with van der Waals surface area (Å²) in [6.07, 6.45) is 0. The van der Waals surface area contributed by atoms with Gasteiger partial charge in [-0.3, -0.25) is 4.79 Å². The number of benzene rings is 2. The molecule has 0 aliphatic carbocycles. The Morgan fingerprint density at radius 1 is 1.11 bits per heavy atom. The van der Waals surface area contributed by atoms with Gasteiger partial charge in [0.25, 0.3) is 0 Å². The van der Waals surface area contributed by atoms with Crippen LogP contribution in [0.3, 0.4) is 0 Å². The van der Waals surface area contributed by atoms with E-state index in [0.717, 1.165) is 6.07 Å². The van der Waals surface area contributed by atoms with Crippen molar-refractivity contribution in [2.24, 2.45) is 0 Å². The lowest BCUT2D eigenvalue weighted by Crippen LogP contribution is -2.13. The fourth-order valence-electron chi connectivity index (χ4n) is 3.40. The Kier molecular flexibility index (Phi) is 4.02. The van der Waals surface area contributed by atoms with E-state index in [2.05, 4.69) is 9.97 Å². The minimum Gasteiger partial charge on any atom is -0.321 e. The number of fused-ring (bicyclic) bond motifs is 2. The van der Waals surface area contributed by atoms with Crippen LogP contribution in [-0.2, 0) is 6.54 Å².